The van der Waals surface area contributed by atoms with E-state index in [1.165, 1.54) is 20.4 Å². The smallest absolute Gasteiger partial charge is 0.320 e. The van der Waals surface area contributed by atoms with Crippen LogP contribution in [0.1, 0.15) is 131 Å². The third kappa shape index (κ3) is 13.3. The van der Waals surface area contributed by atoms with E-state index in [0.29, 0.717) is 117 Å². The molecule has 4 aromatic rings. The molecule has 6 heterocycles. The molecule has 0 bridgehead atoms. The van der Waals surface area contributed by atoms with Gasteiger partial charge in [0.15, 0.2) is 0 Å². The third-order valence-corrected chi connectivity index (χ3v) is 13.7. The number of carbonyl (C=O) groups is 4. The van der Waals surface area contributed by atoms with Gasteiger partial charge in [-0.3, -0.25) is 9.59 Å². The average Bonchev–Trinajstić information content (AvgIpc) is 4.12. The van der Waals surface area contributed by atoms with E-state index in [2.05, 4.69) is 49.9 Å². The normalized spacial score (nSPS) is 17.2. The van der Waals surface area contributed by atoms with Crippen LogP contribution in [0, 0.1) is 0 Å². The van der Waals surface area contributed by atoms with E-state index < -0.39 is 12.0 Å². The molecule has 4 aliphatic heterocycles. The summed E-state index contributed by atoms with van der Waals surface area (Å²) < 4.78 is 11.3. The molecule has 3 N–H and O–H groups in total. The van der Waals surface area contributed by atoms with Crippen LogP contribution in [0.3, 0.4) is 0 Å². The van der Waals surface area contributed by atoms with Gasteiger partial charge in [-0.05, 0) is 140 Å². The van der Waals surface area contributed by atoms with Gasteiger partial charge in [0, 0.05) is 64.8 Å². The quantitative estimate of drug-likeness (QED) is 0.0535. The lowest BCUT2D eigenvalue weighted by Gasteiger charge is -2.32. The number of rotatable bonds is 17. The summed E-state index contributed by atoms with van der Waals surface area (Å²) in [4.78, 5) is 70.6. The Bertz CT molecular complexity index is 2770. The number of hydrogen-bond acceptors (Lipinski definition) is 13. The maximum atomic E-state index is 14.0. The van der Waals surface area contributed by atoms with Crippen LogP contribution < -0.4 is 20.1 Å². The number of aromatic nitrogens is 2. The molecule has 19 heteroatoms. The second-order valence-corrected chi connectivity index (χ2v) is 18.9. The predicted octanol–water partition coefficient (Wildman–Crippen LogP) is 7.70. The lowest BCUT2D eigenvalue weighted by molar-refractivity contribution is 0.101. The number of urea groups is 2. The zero-order valence-corrected chi connectivity index (χ0v) is 42.3. The number of nitrogens with one attached hydrogen (secondary N) is 2. The molecule has 0 aliphatic carbocycles. The molecule has 8 rings (SSSR count). The van der Waals surface area contributed by atoms with E-state index in [-0.39, 0.29) is 23.9 Å². The van der Waals surface area contributed by atoms with E-state index in [1.54, 1.807) is 52.7 Å². The van der Waals surface area contributed by atoms with Crippen molar-refractivity contribution in [2.45, 2.75) is 103 Å². The van der Waals surface area contributed by atoms with Crippen LogP contribution in [0.4, 0.5) is 21.2 Å². The molecule has 6 amide bonds. The van der Waals surface area contributed by atoms with Gasteiger partial charge in [0.2, 0.25) is 0 Å². The Labute approximate surface area is 426 Å². The molecular weight excluding hydrogens is 929 g/mol. The van der Waals surface area contributed by atoms with Crippen molar-refractivity contribution in [1.29, 1.82) is 0 Å². The lowest BCUT2D eigenvalue weighted by Crippen LogP contribution is -2.44. The van der Waals surface area contributed by atoms with E-state index in [0.717, 1.165) is 73.0 Å². The summed E-state index contributed by atoms with van der Waals surface area (Å²) in [6, 6.07) is 16.3. The Kier molecular flexibility index (Phi) is 17.5. The van der Waals surface area contributed by atoms with Crippen molar-refractivity contribution in [3.05, 3.63) is 105 Å². The number of likely N-dealkylation sites (tertiary alicyclic amines) is 2. The van der Waals surface area contributed by atoms with Gasteiger partial charge < -0.3 is 44.8 Å². The summed E-state index contributed by atoms with van der Waals surface area (Å²) in [7, 11) is 3.07. The van der Waals surface area contributed by atoms with Crippen molar-refractivity contribution in [3.8, 4) is 11.5 Å². The predicted molar refractivity (Wildman–Crippen MR) is 282 cm³/mol. The largest absolute Gasteiger partial charge is 0.496 e. The Morgan fingerprint density at radius 2 is 1.29 bits per heavy atom. The summed E-state index contributed by atoms with van der Waals surface area (Å²) >= 11 is 0. The first-order chi connectivity index (χ1) is 35.5. The van der Waals surface area contributed by atoms with Gasteiger partial charge in [-0.25, -0.2) is 19.6 Å². The first kappa shape index (κ1) is 51.8. The zero-order chi connectivity index (χ0) is 51.3. The number of β-amino-alcohol motifs (C(OH)–C–C–N with tert-alkyl or cyclic N) is 1. The number of aliphatic hydroxyl groups is 1. The van der Waals surface area contributed by atoms with Crippen molar-refractivity contribution < 1.29 is 33.8 Å². The van der Waals surface area contributed by atoms with Crippen LogP contribution in [-0.4, -0.2) is 143 Å². The minimum atomic E-state index is -0.508. The summed E-state index contributed by atoms with van der Waals surface area (Å²) in [5.41, 5.74) is 6.47. The fourth-order valence-corrected chi connectivity index (χ4v) is 9.55. The van der Waals surface area contributed by atoms with Gasteiger partial charge in [-0.2, -0.15) is 20.4 Å². The second kappa shape index (κ2) is 24.7. The number of ether oxygens (including phenoxy) is 2. The molecule has 4 aliphatic rings. The highest BCUT2D eigenvalue weighted by Crippen LogP contribution is 2.32. The van der Waals surface area contributed by atoms with Crippen LogP contribution in [0.15, 0.2) is 75.0 Å². The number of benzene rings is 2. The molecule has 2 fully saturated rings. The van der Waals surface area contributed by atoms with Gasteiger partial charge in [0.1, 0.15) is 23.1 Å². The average molecular weight is 995 g/mol. The monoisotopic (exact) mass is 995 g/mol. The second-order valence-electron chi connectivity index (χ2n) is 18.9. The van der Waals surface area contributed by atoms with Crippen LogP contribution >= 0.6 is 0 Å². The summed E-state index contributed by atoms with van der Waals surface area (Å²) in [5, 5.41) is 32.8. The van der Waals surface area contributed by atoms with Gasteiger partial charge in [0.25, 0.3) is 11.8 Å². The molecule has 0 spiro atoms. The van der Waals surface area contributed by atoms with Crippen molar-refractivity contribution in [2.75, 3.05) is 64.1 Å². The molecule has 73 heavy (non-hydrogen) atoms. The molecule has 2 aromatic heterocycles. The Balaban J connectivity index is 0.893. The molecule has 2 saturated heterocycles. The lowest BCUT2D eigenvalue weighted by atomic mass is 9.95. The van der Waals surface area contributed by atoms with Crippen LogP contribution in [0.2, 0.25) is 0 Å². The number of hydrogen-bond donors (Lipinski definition) is 3. The minimum Gasteiger partial charge on any atom is -0.496 e. The number of anilines is 2. The van der Waals surface area contributed by atoms with E-state index in [4.69, 9.17) is 14.5 Å². The highest BCUT2D eigenvalue weighted by molar-refractivity contribution is 6.07. The van der Waals surface area contributed by atoms with Crippen LogP contribution in [-0.2, 0) is 25.9 Å². The number of methoxy groups -OCH3 is 2. The first-order valence-corrected chi connectivity index (χ1v) is 25.4. The van der Waals surface area contributed by atoms with Crippen molar-refractivity contribution in [1.82, 2.24) is 29.6 Å². The minimum absolute atomic E-state index is 0.0138. The summed E-state index contributed by atoms with van der Waals surface area (Å²) in [6.45, 7) is 8.53. The number of fused-ring (bicyclic) bond motifs is 2. The van der Waals surface area contributed by atoms with E-state index >= 15 is 0 Å². The Hall–Kier alpha value is -7.54. The number of amides is 6. The highest BCUT2D eigenvalue weighted by atomic mass is 16.5. The number of carbonyl (C=O) groups excluding carboxylic acids is 4. The maximum Gasteiger partial charge on any atom is 0.320 e. The molecule has 0 saturated carbocycles. The fourth-order valence-electron chi connectivity index (χ4n) is 9.55. The van der Waals surface area contributed by atoms with Gasteiger partial charge in [-0.15, -0.1) is 0 Å². The Morgan fingerprint density at radius 1 is 0.699 bits per heavy atom. The molecule has 19 nitrogen and oxygen atoms in total. The zero-order valence-electron chi connectivity index (χ0n) is 42.3. The van der Waals surface area contributed by atoms with Crippen LogP contribution in [0.25, 0.3) is 0 Å². The summed E-state index contributed by atoms with van der Waals surface area (Å²) in [6.07, 6.45) is 14.2. The van der Waals surface area contributed by atoms with Crippen LogP contribution in [0.5, 0.6) is 11.5 Å². The standard InChI is InChI=1S/C54H66N12O7/c1-5-6-7-18-55-58-32-43-25-39(30-50(60-43)62-52(69)46-27-41-34-65(23-16-38(41)29-48(46)73-4)54(71)66-24-17-44(67)35-66)36(2)12-11-19-56-57-31-42-13-10-14-49(59-42)61-51(68)45-26-40-33-64(53(70)63-20-8-9-21-63)22-15-37(40)28-47(45)72-3/h10,13-14,18-19,25-32,36,44,67H,5-9,11-12,15-17,20-24,33-35H2,1-4H3,(H,59,61,68)(H,60,62,69)/b55-18+,56-19+,57-31+,58-32+/t36?,44-/m1/s1. The SMILES string of the molecule is CCCC/C=N/N=C/c1cc(C(C)CC/C=N/N=C/c2cccc(NC(=O)c3cc4c(cc3OC)CCN(C(=O)N3CCCC3)C4)n2)cc(NC(=O)c2cc3c(cc2OC)CCN(C(=O)N2CC[C@@H](O)C2)C3)n1. The van der Waals surface area contributed by atoms with Crippen molar-refractivity contribution >= 4 is 60.4 Å². The number of nitrogens with zero attached hydrogens (tertiary/aromatic N) is 10. The van der Waals surface area contributed by atoms with Gasteiger partial charge in [0.05, 0.1) is 55.3 Å². The highest BCUT2D eigenvalue weighted by Gasteiger charge is 2.32. The molecule has 0 radical (unpaired) electrons. The first-order valence-electron chi connectivity index (χ1n) is 25.4. The molecule has 2 aromatic carbocycles. The van der Waals surface area contributed by atoms with E-state index in [9.17, 15) is 24.3 Å². The van der Waals surface area contributed by atoms with E-state index in [1.807, 2.05) is 40.1 Å². The van der Waals surface area contributed by atoms with Crippen molar-refractivity contribution in [2.24, 2.45) is 20.4 Å². The van der Waals surface area contributed by atoms with Gasteiger partial charge in [-0.1, -0.05) is 26.3 Å². The maximum absolute atomic E-state index is 14.0. The van der Waals surface area contributed by atoms with Gasteiger partial charge >= 0.3 is 12.1 Å². The molecule has 2 atom stereocenters. The fraction of sp³-hybridized carbons (Fsp3) is 0.444. The summed E-state index contributed by atoms with van der Waals surface area (Å²) in [5.74, 6) is 0.764. The number of pyridine rings is 2. The third-order valence-electron chi connectivity index (χ3n) is 13.7. The molecular formula is C54H66N12O7. The molecule has 384 valence electrons. The van der Waals surface area contributed by atoms with Crippen molar-refractivity contribution in [3.63, 3.8) is 0 Å². The Morgan fingerprint density at radius 3 is 1.89 bits per heavy atom. The number of aliphatic hydroxyl groups excluding tert-OH is 1. The molecule has 1 unspecified atom stereocenters. The number of unbranched alkanes of at least 4 members (excludes halogenated alkanes) is 2. The topological polar surface area (TPSA) is 219 Å².